The molecular weight excluding hydrogens is 230 g/mol. The average molecular weight is 259 g/mol. The molecule has 1 atom stereocenters. The molecule has 0 aliphatic carbocycles. The molecule has 0 fully saturated rings. The minimum atomic E-state index is -0.0753. The zero-order valence-corrected chi connectivity index (χ0v) is 12.2. The molecule has 0 saturated carbocycles. The van der Waals surface area contributed by atoms with Gasteiger partial charge in [0.05, 0.1) is 13.2 Å². The van der Waals surface area contributed by atoms with E-state index in [4.69, 9.17) is 9.47 Å². The van der Waals surface area contributed by atoms with Gasteiger partial charge < -0.3 is 14.8 Å². The minimum Gasteiger partial charge on any atom is -0.466 e. The highest BCUT2D eigenvalue weighted by atomic mass is 16.5. The molecule has 0 aromatic rings. The number of hydrogen-bond donors (Lipinski definition) is 1. The topological polar surface area (TPSA) is 47.6 Å². The molecule has 1 unspecified atom stereocenters. The summed E-state index contributed by atoms with van der Waals surface area (Å²) in [6.07, 6.45) is 5.95. The number of esters is 1. The monoisotopic (exact) mass is 259 g/mol. The van der Waals surface area contributed by atoms with E-state index in [9.17, 15) is 4.79 Å². The van der Waals surface area contributed by atoms with Crippen LogP contribution in [-0.4, -0.2) is 38.9 Å². The second kappa shape index (κ2) is 12.8. The maximum absolute atomic E-state index is 11.1. The molecule has 0 saturated heterocycles. The molecule has 0 radical (unpaired) electrons. The summed E-state index contributed by atoms with van der Waals surface area (Å²) in [5, 5.41) is 3.49. The first kappa shape index (κ1) is 17.4. The van der Waals surface area contributed by atoms with Crippen LogP contribution in [0, 0.1) is 0 Å². The summed E-state index contributed by atoms with van der Waals surface area (Å²) in [6, 6.07) is 0.463. The number of unbranched alkanes of at least 4 members (excludes halogenated alkanes) is 2. The summed E-state index contributed by atoms with van der Waals surface area (Å²) in [7, 11) is 1.74. The second-order valence-corrected chi connectivity index (χ2v) is 4.51. The van der Waals surface area contributed by atoms with Crippen molar-refractivity contribution >= 4 is 5.97 Å². The Morgan fingerprint density at radius 3 is 2.61 bits per heavy atom. The first-order valence-corrected chi connectivity index (χ1v) is 7.12. The Bertz CT molecular complexity index is 191. The Morgan fingerprint density at radius 2 is 2.00 bits per heavy atom. The lowest BCUT2D eigenvalue weighted by molar-refractivity contribution is -0.143. The highest BCUT2D eigenvalue weighted by Crippen LogP contribution is 2.02. The number of rotatable bonds is 12. The normalized spacial score (nSPS) is 12.4. The van der Waals surface area contributed by atoms with Crippen LogP contribution in [0.2, 0.25) is 0 Å². The second-order valence-electron chi connectivity index (χ2n) is 4.51. The van der Waals surface area contributed by atoms with Crippen LogP contribution < -0.4 is 5.32 Å². The molecule has 0 amide bonds. The van der Waals surface area contributed by atoms with E-state index in [0.717, 1.165) is 38.8 Å². The lowest BCUT2D eigenvalue weighted by Crippen LogP contribution is -2.33. The van der Waals surface area contributed by atoms with E-state index >= 15 is 0 Å². The van der Waals surface area contributed by atoms with Crippen molar-refractivity contribution in [2.75, 3.05) is 26.9 Å². The van der Waals surface area contributed by atoms with Crippen molar-refractivity contribution < 1.29 is 14.3 Å². The van der Waals surface area contributed by atoms with Crippen LogP contribution in [0.4, 0.5) is 0 Å². The van der Waals surface area contributed by atoms with Gasteiger partial charge in [-0.1, -0.05) is 19.8 Å². The number of ether oxygens (including phenoxy) is 2. The lowest BCUT2D eigenvalue weighted by Gasteiger charge is -2.16. The SMILES string of the molecule is CCCC(COC)NCCCCCC(=O)OCC. The summed E-state index contributed by atoms with van der Waals surface area (Å²) in [5.74, 6) is -0.0753. The lowest BCUT2D eigenvalue weighted by atomic mass is 10.1. The third-order valence-corrected chi connectivity index (χ3v) is 2.80. The predicted molar refractivity (Wildman–Crippen MR) is 73.7 cm³/mol. The van der Waals surface area contributed by atoms with Gasteiger partial charge in [-0.3, -0.25) is 4.79 Å². The molecule has 0 rings (SSSR count). The average Bonchev–Trinajstić information content (AvgIpc) is 2.34. The third kappa shape index (κ3) is 10.5. The van der Waals surface area contributed by atoms with Crippen LogP contribution in [-0.2, 0) is 14.3 Å². The van der Waals surface area contributed by atoms with Gasteiger partial charge in [0.25, 0.3) is 0 Å². The molecule has 1 N–H and O–H groups in total. The maximum Gasteiger partial charge on any atom is 0.305 e. The van der Waals surface area contributed by atoms with Crippen LogP contribution in [0.25, 0.3) is 0 Å². The highest BCUT2D eigenvalue weighted by Gasteiger charge is 2.05. The Balaban J connectivity index is 3.39. The molecule has 4 nitrogen and oxygen atoms in total. The Morgan fingerprint density at radius 1 is 1.22 bits per heavy atom. The van der Waals surface area contributed by atoms with E-state index in [1.807, 2.05) is 6.92 Å². The van der Waals surface area contributed by atoms with E-state index in [0.29, 0.717) is 19.1 Å². The fourth-order valence-corrected chi connectivity index (χ4v) is 1.90. The summed E-state index contributed by atoms with van der Waals surface area (Å²) in [6.45, 7) is 6.28. The quantitative estimate of drug-likeness (QED) is 0.432. The molecule has 0 bridgehead atoms. The van der Waals surface area contributed by atoms with Gasteiger partial charge in [0.15, 0.2) is 0 Å². The van der Waals surface area contributed by atoms with Crippen LogP contribution in [0.1, 0.15) is 52.4 Å². The standard InChI is InChI=1S/C14H29NO3/c1-4-9-13(12-17-3)15-11-8-6-7-10-14(16)18-5-2/h13,15H,4-12H2,1-3H3. The fourth-order valence-electron chi connectivity index (χ4n) is 1.90. The molecule has 0 spiro atoms. The van der Waals surface area contributed by atoms with E-state index in [-0.39, 0.29) is 5.97 Å². The Labute approximate surface area is 111 Å². The van der Waals surface area contributed by atoms with Gasteiger partial charge >= 0.3 is 5.97 Å². The molecule has 18 heavy (non-hydrogen) atoms. The van der Waals surface area contributed by atoms with Crippen molar-refractivity contribution in [2.45, 2.75) is 58.4 Å². The number of carbonyl (C=O) groups is 1. The van der Waals surface area contributed by atoms with Gasteiger partial charge in [-0.2, -0.15) is 0 Å². The van der Waals surface area contributed by atoms with E-state index in [2.05, 4.69) is 12.2 Å². The van der Waals surface area contributed by atoms with Gasteiger partial charge in [-0.25, -0.2) is 0 Å². The van der Waals surface area contributed by atoms with Crippen molar-refractivity contribution in [3.05, 3.63) is 0 Å². The van der Waals surface area contributed by atoms with Gasteiger partial charge in [0.2, 0.25) is 0 Å². The van der Waals surface area contributed by atoms with Crippen LogP contribution in [0.15, 0.2) is 0 Å². The van der Waals surface area contributed by atoms with Gasteiger partial charge in [0.1, 0.15) is 0 Å². The Hall–Kier alpha value is -0.610. The molecule has 108 valence electrons. The molecule has 4 heteroatoms. The van der Waals surface area contributed by atoms with Crippen molar-refractivity contribution in [2.24, 2.45) is 0 Å². The van der Waals surface area contributed by atoms with Gasteiger partial charge in [-0.15, -0.1) is 0 Å². The van der Waals surface area contributed by atoms with E-state index in [1.165, 1.54) is 6.42 Å². The minimum absolute atomic E-state index is 0.0753. The largest absolute Gasteiger partial charge is 0.466 e. The fraction of sp³-hybridized carbons (Fsp3) is 0.929. The Kier molecular flexibility index (Phi) is 12.4. The summed E-state index contributed by atoms with van der Waals surface area (Å²) in [5.41, 5.74) is 0. The van der Waals surface area contributed by atoms with Gasteiger partial charge in [0, 0.05) is 19.6 Å². The molecule has 0 aliphatic rings. The summed E-state index contributed by atoms with van der Waals surface area (Å²) >= 11 is 0. The summed E-state index contributed by atoms with van der Waals surface area (Å²) in [4.78, 5) is 11.1. The zero-order chi connectivity index (χ0) is 13.6. The molecule has 0 heterocycles. The molecule has 0 aromatic heterocycles. The predicted octanol–water partition coefficient (Wildman–Crippen LogP) is 2.51. The smallest absolute Gasteiger partial charge is 0.305 e. The van der Waals surface area contributed by atoms with Crippen LogP contribution >= 0.6 is 0 Å². The van der Waals surface area contributed by atoms with E-state index in [1.54, 1.807) is 7.11 Å². The van der Waals surface area contributed by atoms with Crippen LogP contribution in [0.3, 0.4) is 0 Å². The molecule has 0 aromatic carbocycles. The number of carbonyl (C=O) groups excluding carboxylic acids is 1. The van der Waals surface area contributed by atoms with Crippen molar-refractivity contribution in [3.63, 3.8) is 0 Å². The third-order valence-electron chi connectivity index (χ3n) is 2.80. The highest BCUT2D eigenvalue weighted by molar-refractivity contribution is 5.69. The van der Waals surface area contributed by atoms with Crippen molar-refractivity contribution in [1.82, 2.24) is 5.32 Å². The number of hydrogen-bond acceptors (Lipinski definition) is 4. The van der Waals surface area contributed by atoms with Crippen molar-refractivity contribution in [3.8, 4) is 0 Å². The van der Waals surface area contributed by atoms with Gasteiger partial charge in [-0.05, 0) is 32.7 Å². The van der Waals surface area contributed by atoms with E-state index < -0.39 is 0 Å². The van der Waals surface area contributed by atoms with Crippen LogP contribution in [0.5, 0.6) is 0 Å². The first-order valence-electron chi connectivity index (χ1n) is 7.12. The molecular formula is C14H29NO3. The first-order chi connectivity index (χ1) is 8.74. The van der Waals surface area contributed by atoms with Crippen molar-refractivity contribution in [1.29, 1.82) is 0 Å². The maximum atomic E-state index is 11.1. The molecule has 0 aliphatic heterocycles. The number of methoxy groups -OCH3 is 1. The number of nitrogens with one attached hydrogen (secondary N) is 1. The summed E-state index contributed by atoms with van der Waals surface area (Å²) < 4.78 is 10.0. The zero-order valence-electron chi connectivity index (χ0n) is 12.2.